The largest absolute Gasteiger partial charge is 0.323 e. The summed E-state index contributed by atoms with van der Waals surface area (Å²) < 4.78 is 53.7. The molecular formula is C18H17ClF2N2O3S. The van der Waals surface area contributed by atoms with E-state index >= 15 is 0 Å². The van der Waals surface area contributed by atoms with Crippen LogP contribution >= 0.6 is 11.6 Å². The lowest BCUT2D eigenvalue weighted by Gasteiger charge is -2.31. The fraction of sp³-hybridized carbons (Fsp3) is 0.278. The second kappa shape index (κ2) is 7.92. The van der Waals surface area contributed by atoms with Gasteiger partial charge in [0, 0.05) is 24.2 Å². The van der Waals surface area contributed by atoms with Gasteiger partial charge < -0.3 is 5.32 Å². The highest BCUT2D eigenvalue weighted by Crippen LogP contribution is 2.26. The Kier molecular flexibility index (Phi) is 5.78. The van der Waals surface area contributed by atoms with E-state index in [1.54, 1.807) is 0 Å². The van der Waals surface area contributed by atoms with Crippen LogP contribution < -0.4 is 5.32 Å². The Morgan fingerprint density at radius 3 is 2.56 bits per heavy atom. The highest BCUT2D eigenvalue weighted by molar-refractivity contribution is 7.89. The lowest BCUT2D eigenvalue weighted by Crippen LogP contribution is -2.43. The van der Waals surface area contributed by atoms with Crippen LogP contribution in [0.1, 0.15) is 12.8 Å². The van der Waals surface area contributed by atoms with Crippen molar-refractivity contribution in [1.82, 2.24) is 4.31 Å². The predicted octanol–water partition coefficient (Wildman–Crippen LogP) is 3.66. The molecule has 144 valence electrons. The average Bonchev–Trinajstić information content (AvgIpc) is 2.65. The van der Waals surface area contributed by atoms with Gasteiger partial charge in [-0.3, -0.25) is 4.79 Å². The summed E-state index contributed by atoms with van der Waals surface area (Å²) in [5.74, 6) is -2.65. The molecular weight excluding hydrogens is 398 g/mol. The SMILES string of the molecule is O=C(Nc1cc(F)ccc1F)C1CCCN(S(=O)(=O)c2ccc(Cl)cc2)C1. The fourth-order valence-electron chi connectivity index (χ4n) is 2.96. The number of amides is 1. The van der Waals surface area contributed by atoms with Crippen molar-refractivity contribution in [3.8, 4) is 0 Å². The Balaban J connectivity index is 1.74. The Hall–Kier alpha value is -2.03. The minimum atomic E-state index is -3.77. The maximum atomic E-state index is 13.7. The van der Waals surface area contributed by atoms with E-state index in [1.165, 1.54) is 28.6 Å². The molecule has 1 fully saturated rings. The Bertz CT molecular complexity index is 952. The van der Waals surface area contributed by atoms with Crippen molar-refractivity contribution in [3.05, 3.63) is 59.1 Å². The van der Waals surface area contributed by atoms with Crippen molar-refractivity contribution in [2.75, 3.05) is 18.4 Å². The number of sulfonamides is 1. The molecule has 1 aliphatic heterocycles. The molecule has 2 aromatic carbocycles. The summed E-state index contributed by atoms with van der Waals surface area (Å²) in [5, 5.41) is 2.77. The minimum Gasteiger partial charge on any atom is -0.323 e. The number of hydrogen-bond acceptors (Lipinski definition) is 3. The van der Waals surface area contributed by atoms with Gasteiger partial charge in [0.1, 0.15) is 11.6 Å². The average molecular weight is 415 g/mol. The molecule has 5 nitrogen and oxygen atoms in total. The topological polar surface area (TPSA) is 66.5 Å². The molecule has 1 unspecified atom stereocenters. The van der Waals surface area contributed by atoms with Gasteiger partial charge in [0.05, 0.1) is 16.5 Å². The molecule has 1 amide bonds. The number of carbonyl (C=O) groups excluding carboxylic acids is 1. The molecule has 1 N–H and O–H groups in total. The maximum absolute atomic E-state index is 13.7. The first-order chi connectivity index (χ1) is 12.8. The van der Waals surface area contributed by atoms with Crippen molar-refractivity contribution >= 4 is 33.2 Å². The van der Waals surface area contributed by atoms with Gasteiger partial charge in [0.15, 0.2) is 0 Å². The molecule has 9 heteroatoms. The zero-order valence-corrected chi connectivity index (χ0v) is 15.7. The predicted molar refractivity (Wildman–Crippen MR) is 97.9 cm³/mol. The van der Waals surface area contributed by atoms with Crippen molar-refractivity contribution in [3.63, 3.8) is 0 Å². The Morgan fingerprint density at radius 1 is 1.15 bits per heavy atom. The van der Waals surface area contributed by atoms with E-state index < -0.39 is 33.5 Å². The normalized spacial score (nSPS) is 18.3. The van der Waals surface area contributed by atoms with Gasteiger partial charge in [0.2, 0.25) is 15.9 Å². The fourth-order valence-corrected chi connectivity index (χ4v) is 4.61. The molecule has 0 radical (unpaired) electrons. The Morgan fingerprint density at radius 2 is 1.85 bits per heavy atom. The van der Waals surface area contributed by atoms with E-state index in [-0.39, 0.29) is 23.7 Å². The molecule has 0 spiro atoms. The zero-order chi connectivity index (χ0) is 19.6. The van der Waals surface area contributed by atoms with Crippen LogP contribution in [0.15, 0.2) is 47.4 Å². The molecule has 1 aliphatic rings. The summed E-state index contributed by atoms with van der Waals surface area (Å²) >= 11 is 5.79. The molecule has 0 bridgehead atoms. The van der Waals surface area contributed by atoms with E-state index in [4.69, 9.17) is 11.6 Å². The number of nitrogens with zero attached hydrogens (tertiary/aromatic N) is 1. The second-order valence-electron chi connectivity index (χ2n) is 6.27. The monoisotopic (exact) mass is 414 g/mol. The third-order valence-corrected chi connectivity index (χ3v) is 6.52. The molecule has 2 aromatic rings. The second-order valence-corrected chi connectivity index (χ2v) is 8.64. The first-order valence-electron chi connectivity index (χ1n) is 8.29. The van der Waals surface area contributed by atoms with Gasteiger partial charge in [-0.25, -0.2) is 17.2 Å². The summed E-state index contributed by atoms with van der Waals surface area (Å²) in [6.45, 7) is 0.247. The van der Waals surface area contributed by atoms with E-state index in [1.807, 2.05) is 0 Å². The highest BCUT2D eigenvalue weighted by atomic mass is 35.5. The lowest BCUT2D eigenvalue weighted by molar-refractivity contribution is -0.120. The van der Waals surface area contributed by atoms with Gasteiger partial charge in [-0.2, -0.15) is 4.31 Å². The van der Waals surface area contributed by atoms with E-state index in [0.29, 0.717) is 17.9 Å². The number of piperidine rings is 1. The highest BCUT2D eigenvalue weighted by Gasteiger charge is 2.33. The number of carbonyl (C=O) groups is 1. The van der Waals surface area contributed by atoms with Crippen LogP contribution in [0.2, 0.25) is 5.02 Å². The van der Waals surface area contributed by atoms with Crippen LogP contribution in [-0.4, -0.2) is 31.7 Å². The van der Waals surface area contributed by atoms with Crippen molar-refractivity contribution in [2.45, 2.75) is 17.7 Å². The van der Waals surface area contributed by atoms with Gasteiger partial charge in [0.25, 0.3) is 0 Å². The molecule has 0 aliphatic carbocycles. The first-order valence-corrected chi connectivity index (χ1v) is 10.1. The molecule has 0 aromatic heterocycles. The standard InChI is InChI=1S/C18H17ClF2N2O3S/c19-13-3-6-15(7-4-13)27(25,26)23-9-1-2-12(11-23)18(24)22-17-10-14(20)5-8-16(17)21/h3-8,10,12H,1-2,9,11H2,(H,22,24). The summed E-state index contributed by atoms with van der Waals surface area (Å²) in [6, 6.07) is 8.53. The number of nitrogens with one attached hydrogen (secondary N) is 1. The lowest BCUT2D eigenvalue weighted by atomic mass is 9.98. The molecule has 3 rings (SSSR count). The number of halogens is 3. The van der Waals surface area contributed by atoms with Crippen molar-refractivity contribution in [1.29, 1.82) is 0 Å². The van der Waals surface area contributed by atoms with E-state index in [0.717, 1.165) is 18.2 Å². The number of rotatable bonds is 4. The van der Waals surface area contributed by atoms with Crippen LogP contribution in [-0.2, 0) is 14.8 Å². The number of anilines is 1. The van der Waals surface area contributed by atoms with Gasteiger partial charge >= 0.3 is 0 Å². The first kappa shape index (κ1) is 19.7. The van der Waals surface area contributed by atoms with Gasteiger partial charge in [-0.15, -0.1) is 0 Å². The van der Waals surface area contributed by atoms with Gasteiger partial charge in [-0.05, 0) is 49.2 Å². The maximum Gasteiger partial charge on any atom is 0.243 e. The summed E-state index contributed by atoms with van der Waals surface area (Å²) in [7, 11) is -3.77. The van der Waals surface area contributed by atoms with E-state index in [2.05, 4.69) is 5.32 Å². The Labute approximate surface area is 161 Å². The smallest absolute Gasteiger partial charge is 0.243 e. The summed E-state index contributed by atoms with van der Waals surface area (Å²) in [5.41, 5.74) is -0.266. The van der Waals surface area contributed by atoms with E-state index in [9.17, 15) is 22.0 Å². The van der Waals surface area contributed by atoms with Crippen LogP contribution in [0.4, 0.5) is 14.5 Å². The third kappa shape index (κ3) is 4.45. The molecule has 27 heavy (non-hydrogen) atoms. The zero-order valence-electron chi connectivity index (χ0n) is 14.2. The number of benzene rings is 2. The van der Waals surface area contributed by atoms with Crippen molar-refractivity contribution < 1.29 is 22.0 Å². The summed E-state index contributed by atoms with van der Waals surface area (Å²) in [6.07, 6.45) is 0.936. The van der Waals surface area contributed by atoms with Crippen LogP contribution in [0.3, 0.4) is 0 Å². The van der Waals surface area contributed by atoms with Crippen LogP contribution in [0.5, 0.6) is 0 Å². The quantitative estimate of drug-likeness (QED) is 0.830. The molecule has 1 saturated heterocycles. The van der Waals surface area contributed by atoms with Crippen LogP contribution in [0.25, 0.3) is 0 Å². The third-order valence-electron chi connectivity index (χ3n) is 4.39. The summed E-state index contributed by atoms with van der Waals surface area (Å²) in [4.78, 5) is 12.5. The van der Waals surface area contributed by atoms with Crippen LogP contribution in [0, 0.1) is 17.6 Å². The minimum absolute atomic E-state index is 0.0340. The molecule has 1 heterocycles. The molecule has 0 saturated carbocycles. The van der Waals surface area contributed by atoms with Crippen molar-refractivity contribution in [2.24, 2.45) is 5.92 Å². The van der Waals surface area contributed by atoms with Gasteiger partial charge in [-0.1, -0.05) is 11.6 Å². The number of hydrogen-bond donors (Lipinski definition) is 1. The molecule has 1 atom stereocenters.